The van der Waals surface area contributed by atoms with Gasteiger partial charge in [-0.15, -0.1) is 0 Å². The van der Waals surface area contributed by atoms with E-state index in [0.717, 1.165) is 56.6 Å². The molecule has 34 heavy (non-hydrogen) atoms. The standard InChI is InChI=1S/C31H29NO2/c1-19-12-20(2)14-25(13-19)31(26-15-21(3)29(33)22(4)16-26)27-11-10-24(18-28(27)32-30(31)34)17-23-8-6-5-7-9-23/h5-16,18,33H,17H2,1-4H3,(H,32,34). The molecule has 3 heteroatoms. The summed E-state index contributed by atoms with van der Waals surface area (Å²) in [5.74, 6) is 0.213. The first kappa shape index (κ1) is 22.0. The lowest BCUT2D eigenvalue weighted by Gasteiger charge is -2.30. The van der Waals surface area contributed by atoms with E-state index in [-0.39, 0.29) is 11.7 Å². The minimum atomic E-state index is -0.986. The normalized spacial score (nSPS) is 16.9. The van der Waals surface area contributed by atoms with Crippen LogP contribution in [-0.2, 0) is 16.6 Å². The van der Waals surface area contributed by atoms with Crippen LogP contribution in [0.15, 0.2) is 78.9 Å². The minimum Gasteiger partial charge on any atom is -0.507 e. The summed E-state index contributed by atoms with van der Waals surface area (Å²) >= 11 is 0. The van der Waals surface area contributed by atoms with Crippen molar-refractivity contribution >= 4 is 11.6 Å². The Kier molecular flexibility index (Phi) is 5.28. The van der Waals surface area contributed by atoms with Gasteiger partial charge < -0.3 is 10.4 Å². The van der Waals surface area contributed by atoms with Crippen LogP contribution in [0.2, 0.25) is 0 Å². The number of rotatable bonds is 4. The van der Waals surface area contributed by atoms with Crippen molar-refractivity contribution in [2.45, 2.75) is 39.5 Å². The molecule has 3 nitrogen and oxygen atoms in total. The quantitative estimate of drug-likeness (QED) is 0.375. The Bertz CT molecular complexity index is 1380. The third-order valence-electron chi connectivity index (χ3n) is 6.91. The predicted octanol–water partition coefficient (Wildman–Crippen LogP) is 6.50. The molecule has 0 bridgehead atoms. The van der Waals surface area contributed by atoms with Crippen molar-refractivity contribution in [2.24, 2.45) is 0 Å². The topological polar surface area (TPSA) is 49.3 Å². The molecule has 4 aromatic rings. The fraction of sp³-hybridized carbons (Fsp3) is 0.194. The van der Waals surface area contributed by atoms with Crippen LogP contribution in [0, 0.1) is 27.7 Å². The van der Waals surface area contributed by atoms with E-state index in [1.807, 2.05) is 44.2 Å². The van der Waals surface area contributed by atoms with Gasteiger partial charge in [0.2, 0.25) is 5.91 Å². The van der Waals surface area contributed by atoms with Crippen LogP contribution < -0.4 is 5.32 Å². The van der Waals surface area contributed by atoms with E-state index in [2.05, 4.69) is 67.7 Å². The van der Waals surface area contributed by atoms with E-state index in [9.17, 15) is 9.90 Å². The molecule has 0 saturated carbocycles. The van der Waals surface area contributed by atoms with Gasteiger partial charge in [-0.05, 0) is 73.6 Å². The lowest BCUT2D eigenvalue weighted by atomic mass is 9.69. The lowest BCUT2D eigenvalue weighted by molar-refractivity contribution is -0.118. The van der Waals surface area contributed by atoms with Gasteiger partial charge in [-0.2, -0.15) is 0 Å². The first-order valence-corrected chi connectivity index (χ1v) is 11.7. The van der Waals surface area contributed by atoms with Crippen molar-refractivity contribution in [3.63, 3.8) is 0 Å². The monoisotopic (exact) mass is 447 g/mol. The van der Waals surface area contributed by atoms with Crippen LogP contribution in [0.4, 0.5) is 5.69 Å². The van der Waals surface area contributed by atoms with Crippen LogP contribution >= 0.6 is 0 Å². The van der Waals surface area contributed by atoms with Crippen molar-refractivity contribution in [1.82, 2.24) is 0 Å². The molecule has 4 aromatic carbocycles. The second-order valence-electron chi connectivity index (χ2n) is 9.58. The molecule has 0 fully saturated rings. The van der Waals surface area contributed by atoms with E-state index in [1.165, 1.54) is 5.56 Å². The summed E-state index contributed by atoms with van der Waals surface area (Å²) in [5, 5.41) is 13.7. The molecule has 0 radical (unpaired) electrons. The molecule has 0 aromatic heterocycles. The van der Waals surface area contributed by atoms with Crippen molar-refractivity contribution in [3.8, 4) is 5.75 Å². The minimum absolute atomic E-state index is 0.0612. The fourth-order valence-electron chi connectivity index (χ4n) is 5.41. The molecule has 170 valence electrons. The van der Waals surface area contributed by atoms with Crippen LogP contribution in [0.25, 0.3) is 0 Å². The number of benzene rings is 4. The van der Waals surface area contributed by atoms with E-state index in [1.54, 1.807) is 0 Å². The number of fused-ring (bicyclic) bond motifs is 1. The number of amides is 1. The smallest absolute Gasteiger partial charge is 0.244 e. The zero-order valence-corrected chi connectivity index (χ0v) is 20.1. The summed E-state index contributed by atoms with van der Waals surface area (Å²) in [7, 11) is 0. The van der Waals surface area contributed by atoms with Gasteiger partial charge in [0.25, 0.3) is 0 Å². The molecule has 1 atom stereocenters. The second kappa shape index (κ2) is 8.18. The van der Waals surface area contributed by atoms with Crippen molar-refractivity contribution < 1.29 is 9.90 Å². The molecular weight excluding hydrogens is 418 g/mol. The third-order valence-corrected chi connectivity index (χ3v) is 6.91. The predicted molar refractivity (Wildman–Crippen MR) is 138 cm³/mol. The Labute approximate surface area is 201 Å². The number of anilines is 1. The van der Waals surface area contributed by atoms with E-state index < -0.39 is 5.41 Å². The Hall–Kier alpha value is -3.85. The summed E-state index contributed by atoms with van der Waals surface area (Å²) < 4.78 is 0. The lowest BCUT2D eigenvalue weighted by Crippen LogP contribution is -2.37. The van der Waals surface area contributed by atoms with Gasteiger partial charge in [-0.25, -0.2) is 0 Å². The summed E-state index contributed by atoms with van der Waals surface area (Å²) in [6, 6.07) is 26.9. The number of aryl methyl sites for hydroxylation is 4. The maximum absolute atomic E-state index is 14.0. The van der Waals surface area contributed by atoms with Crippen molar-refractivity contribution in [1.29, 1.82) is 0 Å². The maximum Gasteiger partial charge on any atom is 0.244 e. The van der Waals surface area contributed by atoms with Gasteiger partial charge in [-0.3, -0.25) is 4.79 Å². The molecule has 1 aliphatic rings. The van der Waals surface area contributed by atoms with E-state index in [0.29, 0.717) is 0 Å². The van der Waals surface area contributed by atoms with Gasteiger partial charge in [0.05, 0.1) is 0 Å². The van der Waals surface area contributed by atoms with Crippen LogP contribution in [0.5, 0.6) is 5.75 Å². The number of carbonyl (C=O) groups excluding carboxylic acids is 1. The summed E-state index contributed by atoms with van der Waals surface area (Å²) in [4.78, 5) is 14.0. The third kappa shape index (κ3) is 3.49. The molecule has 1 heterocycles. The largest absolute Gasteiger partial charge is 0.507 e. The SMILES string of the molecule is Cc1cc(C)cc(C2(c3cc(C)c(O)c(C)c3)C(=O)Nc3cc(Cc4ccccc4)ccc32)c1. The molecule has 1 unspecified atom stereocenters. The van der Waals surface area contributed by atoms with Gasteiger partial charge in [-0.1, -0.05) is 83.9 Å². The highest BCUT2D eigenvalue weighted by molar-refractivity contribution is 6.11. The van der Waals surface area contributed by atoms with Crippen LogP contribution in [0.1, 0.15) is 50.1 Å². The van der Waals surface area contributed by atoms with Crippen LogP contribution in [0.3, 0.4) is 0 Å². The molecule has 5 rings (SSSR count). The summed E-state index contributed by atoms with van der Waals surface area (Å²) in [5.41, 5.74) is 8.77. The Morgan fingerprint density at radius 2 is 1.35 bits per heavy atom. The molecule has 0 spiro atoms. The highest BCUT2D eigenvalue weighted by Crippen LogP contribution is 2.49. The molecule has 1 amide bonds. The second-order valence-corrected chi connectivity index (χ2v) is 9.58. The Balaban J connectivity index is 1.74. The Morgan fingerprint density at radius 1 is 0.735 bits per heavy atom. The number of carbonyl (C=O) groups is 1. The van der Waals surface area contributed by atoms with Crippen LogP contribution in [-0.4, -0.2) is 11.0 Å². The number of hydrogen-bond donors (Lipinski definition) is 2. The maximum atomic E-state index is 14.0. The summed E-state index contributed by atoms with van der Waals surface area (Å²) in [6.07, 6.45) is 0.804. The number of hydrogen-bond acceptors (Lipinski definition) is 2. The first-order valence-electron chi connectivity index (χ1n) is 11.7. The highest BCUT2D eigenvalue weighted by atomic mass is 16.3. The first-order chi connectivity index (χ1) is 16.3. The van der Waals surface area contributed by atoms with Gasteiger partial charge in [0.15, 0.2) is 0 Å². The number of aromatic hydroxyl groups is 1. The van der Waals surface area contributed by atoms with Crippen molar-refractivity contribution in [2.75, 3.05) is 5.32 Å². The molecule has 2 N–H and O–H groups in total. The highest BCUT2D eigenvalue weighted by Gasteiger charge is 2.50. The number of nitrogens with one attached hydrogen (secondary N) is 1. The zero-order chi connectivity index (χ0) is 24.0. The van der Waals surface area contributed by atoms with Gasteiger partial charge in [0, 0.05) is 11.3 Å². The Morgan fingerprint density at radius 3 is 2.00 bits per heavy atom. The molecule has 0 aliphatic carbocycles. The zero-order valence-electron chi connectivity index (χ0n) is 20.1. The number of phenolic OH excluding ortho intramolecular Hbond substituents is 1. The summed E-state index contributed by atoms with van der Waals surface area (Å²) in [6.45, 7) is 7.90. The molecular formula is C31H29NO2. The van der Waals surface area contributed by atoms with Gasteiger partial charge in [0.1, 0.15) is 11.2 Å². The van der Waals surface area contributed by atoms with Gasteiger partial charge >= 0.3 is 0 Å². The van der Waals surface area contributed by atoms with E-state index in [4.69, 9.17) is 0 Å². The van der Waals surface area contributed by atoms with Crippen molar-refractivity contribution in [3.05, 3.63) is 129 Å². The fourth-order valence-corrected chi connectivity index (χ4v) is 5.41. The number of phenols is 1. The average Bonchev–Trinajstić information content (AvgIpc) is 3.09. The van der Waals surface area contributed by atoms with E-state index >= 15 is 0 Å². The average molecular weight is 448 g/mol. The molecule has 0 saturated heterocycles. The molecule has 1 aliphatic heterocycles.